The fourth-order valence-corrected chi connectivity index (χ4v) is 6.17. The molecule has 0 aliphatic heterocycles. The maximum atomic E-state index is 12.6. The zero-order valence-corrected chi connectivity index (χ0v) is 34.7. The molecule has 9 heteroatoms. The smallest absolute Gasteiger partial charge is 0.306 e. The van der Waals surface area contributed by atoms with Gasteiger partial charge in [0.1, 0.15) is 19.8 Å². The molecule has 0 saturated heterocycles. The van der Waals surface area contributed by atoms with E-state index in [1.165, 1.54) is 103 Å². The first-order valence-electron chi connectivity index (χ1n) is 20.8. The number of likely N-dealkylation sites (N-methyl/N-ethyl adjacent to an activating group) is 1. The van der Waals surface area contributed by atoms with Crippen molar-refractivity contribution >= 4 is 13.8 Å². The molecule has 0 saturated carbocycles. The van der Waals surface area contributed by atoms with E-state index in [-0.39, 0.29) is 32.2 Å². The number of carbonyl (C=O) groups is 1. The average molecular weight is 742 g/mol. The van der Waals surface area contributed by atoms with Crippen LogP contribution < -0.4 is 4.89 Å². The van der Waals surface area contributed by atoms with Gasteiger partial charge in [0.2, 0.25) is 0 Å². The third kappa shape index (κ3) is 39.6. The van der Waals surface area contributed by atoms with Crippen LogP contribution in [0.5, 0.6) is 0 Å². The number of rotatable bonds is 38. The van der Waals surface area contributed by atoms with Gasteiger partial charge in [-0.25, -0.2) is 0 Å². The predicted octanol–water partition coefficient (Wildman–Crippen LogP) is 11.5. The Morgan fingerprint density at radius 2 is 1.04 bits per heavy atom. The van der Waals surface area contributed by atoms with Crippen molar-refractivity contribution in [1.29, 1.82) is 0 Å². The van der Waals surface area contributed by atoms with Crippen molar-refractivity contribution in [3.05, 3.63) is 36.6 Å². The number of esters is 1. The number of quaternary nitrogens is 1. The van der Waals surface area contributed by atoms with Crippen molar-refractivity contribution in [1.82, 2.24) is 0 Å². The normalized spacial score (nSPS) is 14.2. The van der Waals surface area contributed by atoms with Crippen molar-refractivity contribution in [2.45, 2.75) is 180 Å². The number of hydrogen-bond donors (Lipinski definition) is 0. The maximum Gasteiger partial charge on any atom is 0.306 e. The molecule has 2 atom stereocenters. The molecule has 0 aliphatic carbocycles. The molecule has 0 aromatic heterocycles. The molecule has 0 heterocycles. The van der Waals surface area contributed by atoms with Crippen LogP contribution in [-0.4, -0.2) is 64.1 Å². The number of carbonyl (C=O) groups excluding carboxylic acids is 1. The molecule has 0 radical (unpaired) electrons. The lowest BCUT2D eigenvalue weighted by atomic mass is 10.1. The number of hydrogen-bond acceptors (Lipinski definition) is 7. The van der Waals surface area contributed by atoms with Gasteiger partial charge in [0.05, 0.1) is 34.0 Å². The van der Waals surface area contributed by atoms with Crippen molar-refractivity contribution < 1.29 is 37.3 Å². The predicted molar refractivity (Wildman–Crippen MR) is 212 cm³/mol. The van der Waals surface area contributed by atoms with E-state index in [0.717, 1.165) is 51.4 Å². The number of nitrogens with zero attached hydrogens (tertiary/aromatic N) is 1. The van der Waals surface area contributed by atoms with Crippen LogP contribution >= 0.6 is 7.82 Å². The third-order valence-electron chi connectivity index (χ3n) is 8.73. The fraction of sp³-hybridized carbons (Fsp3) is 0.833. The molecular formula is C42H80NO7P. The van der Waals surface area contributed by atoms with E-state index in [1.54, 1.807) is 6.26 Å². The first kappa shape index (κ1) is 49.6. The molecule has 0 bridgehead atoms. The van der Waals surface area contributed by atoms with Gasteiger partial charge >= 0.3 is 5.97 Å². The van der Waals surface area contributed by atoms with Crippen LogP contribution in [0.3, 0.4) is 0 Å². The van der Waals surface area contributed by atoms with E-state index >= 15 is 0 Å². The summed E-state index contributed by atoms with van der Waals surface area (Å²) in [5.41, 5.74) is 0. The number of ether oxygens (including phenoxy) is 2. The van der Waals surface area contributed by atoms with Gasteiger partial charge in [-0.15, -0.1) is 0 Å². The Morgan fingerprint density at radius 3 is 1.53 bits per heavy atom. The molecule has 0 rings (SSSR count). The summed E-state index contributed by atoms with van der Waals surface area (Å²) >= 11 is 0. The van der Waals surface area contributed by atoms with Crippen LogP contribution in [-0.2, 0) is 27.9 Å². The highest BCUT2D eigenvalue weighted by atomic mass is 31.2. The van der Waals surface area contributed by atoms with Crippen molar-refractivity contribution in [2.24, 2.45) is 0 Å². The SMILES string of the molecule is CCCCCC/C=C\CCCCCCCC(=O)O[C@H](CO/C=C\CCCCCC/C=C\CCCCCCCC)COP(=O)([O-])OCC[N+](C)(C)C. The summed E-state index contributed by atoms with van der Waals surface area (Å²) in [6.07, 6.45) is 41.0. The van der Waals surface area contributed by atoms with Crippen LogP contribution in [0.15, 0.2) is 36.6 Å². The molecule has 51 heavy (non-hydrogen) atoms. The number of allylic oxidation sites excluding steroid dienone is 5. The third-order valence-corrected chi connectivity index (χ3v) is 9.69. The minimum Gasteiger partial charge on any atom is -0.756 e. The quantitative estimate of drug-likeness (QED) is 0.0155. The van der Waals surface area contributed by atoms with Crippen molar-refractivity contribution in [3.63, 3.8) is 0 Å². The molecule has 0 amide bonds. The summed E-state index contributed by atoms with van der Waals surface area (Å²) in [5, 5.41) is 0. The second-order valence-corrected chi connectivity index (χ2v) is 16.5. The van der Waals surface area contributed by atoms with Crippen LogP contribution in [0.4, 0.5) is 0 Å². The van der Waals surface area contributed by atoms with Crippen LogP contribution in [0, 0.1) is 0 Å². The van der Waals surface area contributed by atoms with Gasteiger partial charge in [0, 0.05) is 6.42 Å². The minimum absolute atomic E-state index is 0.0122. The summed E-state index contributed by atoms with van der Waals surface area (Å²) in [6, 6.07) is 0. The second-order valence-electron chi connectivity index (χ2n) is 15.1. The number of phosphoric ester groups is 1. The lowest BCUT2D eigenvalue weighted by Crippen LogP contribution is -2.37. The van der Waals surface area contributed by atoms with Gasteiger partial charge in [-0.3, -0.25) is 9.36 Å². The van der Waals surface area contributed by atoms with Crippen LogP contribution in [0.2, 0.25) is 0 Å². The Balaban J connectivity index is 4.35. The molecule has 0 spiro atoms. The molecule has 1 unspecified atom stereocenters. The Morgan fingerprint density at radius 1 is 0.608 bits per heavy atom. The molecule has 0 fully saturated rings. The second kappa shape index (κ2) is 35.6. The Labute approximate surface area is 315 Å². The molecule has 0 aliphatic rings. The minimum atomic E-state index is -4.54. The van der Waals surface area contributed by atoms with Gasteiger partial charge in [-0.05, 0) is 76.7 Å². The highest BCUT2D eigenvalue weighted by Gasteiger charge is 2.20. The standard InChI is InChI=1S/C42H80NO7P/c1-6-8-10-12-14-16-18-20-21-22-24-26-28-30-32-34-37-47-39-41(40-49-51(45,46)48-38-36-43(3,4)5)50-42(44)35-33-31-29-27-25-23-19-17-15-13-11-9-7-2/h17,19-21,34,37,41H,6-16,18,22-33,35-36,38-40H2,1-5H3/b19-17-,21-20-,37-34-/t41-/m1/s1. The maximum absolute atomic E-state index is 12.6. The summed E-state index contributed by atoms with van der Waals surface area (Å²) in [4.78, 5) is 24.9. The van der Waals surface area contributed by atoms with Crippen molar-refractivity contribution in [3.8, 4) is 0 Å². The average Bonchev–Trinajstić information content (AvgIpc) is 3.08. The van der Waals surface area contributed by atoms with Gasteiger partial charge in [-0.2, -0.15) is 0 Å². The molecule has 0 aromatic carbocycles. The topological polar surface area (TPSA) is 94.1 Å². The number of unbranched alkanes of at least 4 members (excludes halogenated alkanes) is 20. The lowest BCUT2D eigenvalue weighted by Gasteiger charge is -2.28. The van der Waals surface area contributed by atoms with Gasteiger partial charge in [-0.1, -0.05) is 122 Å². The van der Waals surface area contributed by atoms with Gasteiger partial charge in [0.15, 0.2) is 6.10 Å². The van der Waals surface area contributed by atoms with E-state index in [2.05, 4.69) is 38.2 Å². The largest absolute Gasteiger partial charge is 0.756 e. The molecule has 8 nitrogen and oxygen atoms in total. The fourth-order valence-electron chi connectivity index (χ4n) is 5.44. The first-order valence-corrected chi connectivity index (χ1v) is 22.2. The summed E-state index contributed by atoms with van der Waals surface area (Å²) in [6.45, 7) is 4.69. The van der Waals surface area contributed by atoms with Crippen LogP contribution in [0.1, 0.15) is 174 Å². The monoisotopic (exact) mass is 742 g/mol. The Kier molecular flexibility index (Phi) is 34.6. The molecule has 0 N–H and O–H groups in total. The molecule has 0 aromatic rings. The first-order chi connectivity index (χ1) is 24.6. The molecule has 300 valence electrons. The van der Waals surface area contributed by atoms with E-state index in [1.807, 2.05) is 27.2 Å². The lowest BCUT2D eigenvalue weighted by molar-refractivity contribution is -0.870. The Hall–Kier alpha value is -1.44. The van der Waals surface area contributed by atoms with E-state index < -0.39 is 13.9 Å². The van der Waals surface area contributed by atoms with E-state index in [0.29, 0.717) is 11.0 Å². The zero-order valence-electron chi connectivity index (χ0n) is 33.8. The molecular weight excluding hydrogens is 661 g/mol. The summed E-state index contributed by atoms with van der Waals surface area (Å²) in [5.74, 6) is -0.369. The van der Waals surface area contributed by atoms with E-state index in [9.17, 15) is 14.3 Å². The highest BCUT2D eigenvalue weighted by molar-refractivity contribution is 7.45. The summed E-state index contributed by atoms with van der Waals surface area (Å²) < 4.78 is 34.2. The van der Waals surface area contributed by atoms with Crippen molar-refractivity contribution in [2.75, 3.05) is 47.5 Å². The zero-order chi connectivity index (χ0) is 37.7. The van der Waals surface area contributed by atoms with E-state index in [4.69, 9.17) is 18.5 Å². The highest BCUT2D eigenvalue weighted by Crippen LogP contribution is 2.38. The van der Waals surface area contributed by atoms with Gasteiger partial charge < -0.3 is 27.9 Å². The van der Waals surface area contributed by atoms with Crippen LogP contribution in [0.25, 0.3) is 0 Å². The summed E-state index contributed by atoms with van der Waals surface area (Å²) in [7, 11) is 1.31. The number of phosphoric acid groups is 1. The Bertz CT molecular complexity index is 915. The van der Waals surface area contributed by atoms with Gasteiger partial charge in [0.25, 0.3) is 7.82 Å².